The average molecular weight is 287 g/mol. The molecule has 0 aliphatic carbocycles. The van der Waals surface area contributed by atoms with Crippen molar-refractivity contribution in [2.45, 2.75) is 21.4 Å². The summed E-state index contributed by atoms with van der Waals surface area (Å²) < 4.78 is 1.63. The fourth-order valence-electron chi connectivity index (χ4n) is 1.20. The smallest absolute Gasteiger partial charge is 0.294 e. The lowest BCUT2D eigenvalue weighted by atomic mass is 10.3. The predicted octanol–water partition coefficient (Wildman–Crippen LogP) is 3.92. The molecule has 0 aliphatic rings. The minimum atomic E-state index is -0.670. The van der Waals surface area contributed by atoms with Gasteiger partial charge in [-0.2, -0.15) is 0 Å². The number of nitrogens with zero attached hydrogens (tertiary/aromatic N) is 1. The fourth-order valence-corrected chi connectivity index (χ4v) is 4.50. The van der Waals surface area contributed by atoms with Gasteiger partial charge in [-0.05, 0) is 18.4 Å². The number of thiophene rings is 2. The van der Waals surface area contributed by atoms with Gasteiger partial charge < -0.3 is 5.11 Å². The first-order chi connectivity index (χ1) is 8.08. The van der Waals surface area contributed by atoms with Gasteiger partial charge in [-0.1, -0.05) is 17.8 Å². The van der Waals surface area contributed by atoms with Crippen molar-refractivity contribution in [3.05, 3.63) is 38.6 Å². The highest BCUT2D eigenvalue weighted by Gasteiger charge is 2.21. The molecule has 0 aliphatic heterocycles. The minimum Gasteiger partial charge on any atom is -0.388 e. The van der Waals surface area contributed by atoms with Crippen molar-refractivity contribution in [2.75, 3.05) is 0 Å². The molecule has 2 rings (SSSR count). The van der Waals surface area contributed by atoms with Crippen LogP contribution in [0.15, 0.2) is 32.0 Å². The third kappa shape index (κ3) is 2.86. The highest BCUT2D eigenvalue weighted by Crippen LogP contribution is 2.44. The van der Waals surface area contributed by atoms with Crippen LogP contribution in [0.5, 0.6) is 0 Å². The minimum absolute atomic E-state index is 0.0734. The first-order valence-corrected chi connectivity index (χ1v) is 7.26. The van der Waals surface area contributed by atoms with Gasteiger partial charge in [-0.15, -0.1) is 22.7 Å². The van der Waals surface area contributed by atoms with Crippen LogP contribution in [0.25, 0.3) is 0 Å². The molecule has 17 heavy (non-hydrogen) atoms. The maximum Gasteiger partial charge on any atom is 0.294 e. The molecule has 4 nitrogen and oxygen atoms in total. The lowest BCUT2D eigenvalue weighted by Crippen LogP contribution is -1.87. The number of aliphatic hydroxyl groups excluding tert-OH is 1. The zero-order valence-corrected chi connectivity index (χ0v) is 11.3. The highest BCUT2D eigenvalue weighted by molar-refractivity contribution is 8.03. The third-order valence-electron chi connectivity index (χ3n) is 2.00. The van der Waals surface area contributed by atoms with Crippen LogP contribution in [0, 0.1) is 10.1 Å². The summed E-state index contributed by atoms with van der Waals surface area (Å²) in [5.41, 5.74) is 0.0734. The normalized spacial score (nSPS) is 12.6. The van der Waals surface area contributed by atoms with E-state index in [-0.39, 0.29) is 5.69 Å². The van der Waals surface area contributed by atoms with E-state index in [1.807, 2.05) is 17.5 Å². The van der Waals surface area contributed by atoms with E-state index in [0.29, 0.717) is 9.09 Å². The van der Waals surface area contributed by atoms with Crippen LogP contribution in [0.4, 0.5) is 5.69 Å². The quantitative estimate of drug-likeness (QED) is 0.683. The van der Waals surface area contributed by atoms with Crippen molar-refractivity contribution in [3.8, 4) is 0 Å². The molecule has 0 aromatic carbocycles. The van der Waals surface area contributed by atoms with Gasteiger partial charge in [0.2, 0.25) is 0 Å². The van der Waals surface area contributed by atoms with E-state index in [0.717, 1.165) is 4.21 Å². The SMILES string of the molecule is C[C@H](O)c1cc([N+](=O)[O-])c(Sc2cccs2)s1. The molecule has 0 unspecified atom stereocenters. The van der Waals surface area contributed by atoms with Gasteiger partial charge in [0.1, 0.15) is 4.21 Å². The van der Waals surface area contributed by atoms with E-state index < -0.39 is 11.0 Å². The van der Waals surface area contributed by atoms with E-state index in [1.54, 1.807) is 18.3 Å². The maximum absolute atomic E-state index is 10.9. The number of nitro groups is 1. The predicted molar refractivity (Wildman–Crippen MR) is 70.0 cm³/mol. The Bertz CT molecular complexity index is 519. The Morgan fingerprint density at radius 2 is 2.35 bits per heavy atom. The van der Waals surface area contributed by atoms with Crippen LogP contribution in [-0.4, -0.2) is 10.0 Å². The van der Waals surface area contributed by atoms with E-state index in [9.17, 15) is 15.2 Å². The summed E-state index contributed by atoms with van der Waals surface area (Å²) in [4.78, 5) is 11.1. The zero-order valence-electron chi connectivity index (χ0n) is 8.82. The van der Waals surface area contributed by atoms with Gasteiger partial charge in [-0.25, -0.2) is 0 Å². The second kappa shape index (κ2) is 5.18. The van der Waals surface area contributed by atoms with Crippen LogP contribution in [-0.2, 0) is 0 Å². The molecule has 1 atom stereocenters. The van der Waals surface area contributed by atoms with E-state index in [2.05, 4.69) is 0 Å². The molecule has 2 heterocycles. The molecule has 1 N–H and O–H groups in total. The van der Waals surface area contributed by atoms with Gasteiger partial charge in [0.25, 0.3) is 5.69 Å². The Balaban J connectivity index is 2.34. The van der Waals surface area contributed by atoms with Crippen molar-refractivity contribution < 1.29 is 10.0 Å². The summed E-state index contributed by atoms with van der Waals surface area (Å²) in [6.45, 7) is 1.61. The molecule has 0 saturated carbocycles. The van der Waals surface area contributed by atoms with Gasteiger partial charge in [0, 0.05) is 10.9 Å². The number of rotatable bonds is 4. The molecule has 0 spiro atoms. The van der Waals surface area contributed by atoms with Crippen molar-refractivity contribution in [1.82, 2.24) is 0 Å². The Morgan fingerprint density at radius 1 is 1.59 bits per heavy atom. The number of aliphatic hydroxyl groups is 1. The summed E-state index contributed by atoms with van der Waals surface area (Å²) in [6, 6.07) is 5.27. The zero-order chi connectivity index (χ0) is 12.4. The lowest BCUT2D eigenvalue weighted by molar-refractivity contribution is -0.387. The summed E-state index contributed by atoms with van der Waals surface area (Å²) in [5.74, 6) is 0. The standard InChI is InChI=1S/C10H9NO3S3/c1-6(12)8-5-7(11(13)14)10(16-8)17-9-3-2-4-15-9/h2-6,12H,1H3/t6-/m0/s1. The number of hydrogen-bond acceptors (Lipinski definition) is 6. The topological polar surface area (TPSA) is 63.4 Å². The van der Waals surface area contributed by atoms with Gasteiger partial charge in [-0.3, -0.25) is 10.1 Å². The van der Waals surface area contributed by atoms with E-state index in [1.165, 1.54) is 29.2 Å². The van der Waals surface area contributed by atoms with Crippen molar-refractivity contribution in [3.63, 3.8) is 0 Å². The second-order valence-electron chi connectivity index (χ2n) is 3.29. The van der Waals surface area contributed by atoms with Crippen LogP contribution in [0.2, 0.25) is 0 Å². The molecule has 0 bridgehead atoms. The average Bonchev–Trinajstić information content (AvgIpc) is 2.87. The van der Waals surface area contributed by atoms with E-state index in [4.69, 9.17) is 0 Å². The van der Waals surface area contributed by atoms with Crippen LogP contribution in [0.1, 0.15) is 17.9 Å². The van der Waals surface area contributed by atoms with Crippen molar-refractivity contribution in [1.29, 1.82) is 0 Å². The Hall–Kier alpha value is -0.890. The molecule has 0 saturated heterocycles. The summed E-state index contributed by atoms with van der Waals surface area (Å²) >= 11 is 4.18. The van der Waals surface area contributed by atoms with Crippen LogP contribution < -0.4 is 0 Å². The van der Waals surface area contributed by atoms with Gasteiger partial charge >= 0.3 is 0 Å². The molecule has 90 valence electrons. The summed E-state index contributed by atoms with van der Waals surface area (Å²) in [5, 5.41) is 22.3. The lowest BCUT2D eigenvalue weighted by Gasteiger charge is -1.96. The summed E-state index contributed by atoms with van der Waals surface area (Å²) in [7, 11) is 0. The molecule has 2 aromatic heterocycles. The van der Waals surface area contributed by atoms with Crippen molar-refractivity contribution in [2.24, 2.45) is 0 Å². The number of hydrogen-bond donors (Lipinski definition) is 1. The first kappa shape index (κ1) is 12.6. The Morgan fingerprint density at radius 3 is 2.88 bits per heavy atom. The monoisotopic (exact) mass is 287 g/mol. The molecular weight excluding hydrogens is 278 g/mol. The molecule has 0 amide bonds. The summed E-state index contributed by atoms with van der Waals surface area (Å²) in [6.07, 6.45) is -0.670. The largest absolute Gasteiger partial charge is 0.388 e. The molecule has 7 heteroatoms. The van der Waals surface area contributed by atoms with Crippen LogP contribution in [0.3, 0.4) is 0 Å². The van der Waals surface area contributed by atoms with E-state index >= 15 is 0 Å². The highest BCUT2D eigenvalue weighted by atomic mass is 32.2. The molecular formula is C10H9NO3S3. The first-order valence-electron chi connectivity index (χ1n) is 4.75. The van der Waals surface area contributed by atoms with Crippen molar-refractivity contribution >= 4 is 40.1 Å². The fraction of sp³-hybridized carbons (Fsp3) is 0.200. The Kier molecular flexibility index (Phi) is 3.82. The molecule has 0 fully saturated rings. The second-order valence-corrected chi connectivity index (χ2v) is 6.89. The molecule has 0 radical (unpaired) electrons. The van der Waals surface area contributed by atoms with Gasteiger partial charge in [0.05, 0.1) is 15.2 Å². The molecule has 2 aromatic rings. The maximum atomic E-state index is 10.9. The van der Waals surface area contributed by atoms with Gasteiger partial charge in [0.15, 0.2) is 0 Å². The Labute approximate surface area is 110 Å². The third-order valence-corrected chi connectivity index (χ3v) is 5.52. The van der Waals surface area contributed by atoms with Crippen LogP contribution >= 0.6 is 34.4 Å².